The highest BCUT2D eigenvalue weighted by Gasteiger charge is 2.06. The van der Waals surface area contributed by atoms with E-state index in [-0.39, 0.29) is 12.5 Å². The van der Waals surface area contributed by atoms with Crippen molar-refractivity contribution >= 4 is 29.0 Å². The van der Waals surface area contributed by atoms with E-state index in [2.05, 4.69) is 5.32 Å². The molecule has 0 bridgehead atoms. The topological polar surface area (TPSA) is 49.3 Å². The van der Waals surface area contributed by atoms with E-state index in [1.165, 1.54) is 11.3 Å². The summed E-state index contributed by atoms with van der Waals surface area (Å²) in [5.74, 6) is -0.103. The number of carbonyl (C=O) groups excluding carboxylic acids is 1. The minimum absolute atomic E-state index is 0.00574. The highest BCUT2D eigenvalue weighted by Crippen LogP contribution is 2.15. The van der Waals surface area contributed by atoms with E-state index >= 15 is 0 Å². The summed E-state index contributed by atoms with van der Waals surface area (Å²) in [6.45, 7) is 0.00574. The molecule has 2 rings (SSSR count). The molecule has 1 heterocycles. The Kier molecular flexibility index (Phi) is 4.28. The van der Waals surface area contributed by atoms with Crippen LogP contribution in [0.4, 0.5) is 5.69 Å². The van der Waals surface area contributed by atoms with Crippen molar-refractivity contribution < 1.29 is 9.90 Å². The Balaban J connectivity index is 2.10. The molecular weight excluding hydrogens is 246 g/mol. The number of aliphatic hydroxyl groups is 1. The number of anilines is 1. The Morgan fingerprint density at radius 3 is 2.94 bits per heavy atom. The van der Waals surface area contributed by atoms with E-state index in [0.29, 0.717) is 4.88 Å². The van der Waals surface area contributed by atoms with Crippen molar-refractivity contribution in [3.8, 4) is 0 Å². The standard InChI is InChI=1S/C14H13NO2S/c16-8-2-5-11-4-1-6-12(10-11)15-14(17)13-7-3-9-18-13/h1-7,9-10,16H,8H2,(H,15,17)/b5-2+. The quantitative estimate of drug-likeness (QED) is 0.886. The van der Waals surface area contributed by atoms with Gasteiger partial charge in [0, 0.05) is 5.69 Å². The highest BCUT2D eigenvalue weighted by molar-refractivity contribution is 7.12. The van der Waals surface area contributed by atoms with Gasteiger partial charge in [-0.05, 0) is 29.1 Å². The van der Waals surface area contributed by atoms with Gasteiger partial charge in [-0.15, -0.1) is 11.3 Å². The first-order valence-corrected chi connectivity index (χ1v) is 6.40. The van der Waals surface area contributed by atoms with E-state index in [9.17, 15) is 4.79 Å². The summed E-state index contributed by atoms with van der Waals surface area (Å²) in [7, 11) is 0. The van der Waals surface area contributed by atoms with Crippen LogP contribution in [-0.2, 0) is 0 Å². The second kappa shape index (κ2) is 6.14. The van der Waals surface area contributed by atoms with Crippen LogP contribution in [0.1, 0.15) is 15.2 Å². The molecule has 0 unspecified atom stereocenters. The predicted octanol–water partition coefficient (Wildman–Crippen LogP) is 3.01. The number of thiophene rings is 1. The molecule has 1 aromatic carbocycles. The van der Waals surface area contributed by atoms with Gasteiger partial charge < -0.3 is 10.4 Å². The number of rotatable bonds is 4. The van der Waals surface area contributed by atoms with Crippen LogP contribution >= 0.6 is 11.3 Å². The largest absolute Gasteiger partial charge is 0.392 e. The Morgan fingerprint density at radius 2 is 2.22 bits per heavy atom. The van der Waals surface area contributed by atoms with Crippen molar-refractivity contribution in [2.75, 3.05) is 11.9 Å². The van der Waals surface area contributed by atoms with Crippen LogP contribution in [0.5, 0.6) is 0 Å². The Hall–Kier alpha value is -1.91. The number of hydrogen-bond acceptors (Lipinski definition) is 3. The van der Waals surface area contributed by atoms with E-state index in [1.807, 2.05) is 35.7 Å². The van der Waals surface area contributed by atoms with Crippen LogP contribution in [-0.4, -0.2) is 17.6 Å². The van der Waals surface area contributed by atoms with Crippen molar-refractivity contribution in [1.29, 1.82) is 0 Å². The summed E-state index contributed by atoms with van der Waals surface area (Å²) in [4.78, 5) is 12.5. The third kappa shape index (κ3) is 3.29. The van der Waals surface area contributed by atoms with Crippen molar-refractivity contribution in [2.45, 2.75) is 0 Å². The van der Waals surface area contributed by atoms with Gasteiger partial charge in [0.1, 0.15) is 0 Å². The van der Waals surface area contributed by atoms with Gasteiger partial charge in [0.15, 0.2) is 0 Å². The molecule has 2 N–H and O–H groups in total. The zero-order valence-electron chi connectivity index (χ0n) is 9.67. The fourth-order valence-electron chi connectivity index (χ4n) is 1.51. The second-order valence-corrected chi connectivity index (χ2v) is 4.59. The third-order valence-corrected chi connectivity index (χ3v) is 3.17. The summed E-state index contributed by atoms with van der Waals surface area (Å²) in [5.41, 5.74) is 1.68. The van der Waals surface area contributed by atoms with Gasteiger partial charge in [-0.25, -0.2) is 0 Å². The minimum Gasteiger partial charge on any atom is -0.392 e. The van der Waals surface area contributed by atoms with Gasteiger partial charge in [-0.2, -0.15) is 0 Å². The van der Waals surface area contributed by atoms with Gasteiger partial charge in [0.25, 0.3) is 5.91 Å². The Morgan fingerprint density at radius 1 is 1.33 bits per heavy atom. The molecule has 0 spiro atoms. The van der Waals surface area contributed by atoms with Crippen LogP contribution in [0.15, 0.2) is 47.9 Å². The monoisotopic (exact) mass is 259 g/mol. The number of amides is 1. The smallest absolute Gasteiger partial charge is 0.265 e. The maximum atomic E-state index is 11.8. The first-order chi connectivity index (χ1) is 8.79. The molecule has 1 aromatic heterocycles. The molecular formula is C14H13NO2S. The molecule has 4 heteroatoms. The first-order valence-electron chi connectivity index (χ1n) is 5.52. The van der Waals surface area contributed by atoms with Crippen LogP contribution in [0.2, 0.25) is 0 Å². The molecule has 0 saturated heterocycles. The predicted molar refractivity (Wildman–Crippen MR) is 74.8 cm³/mol. The molecule has 0 aliphatic rings. The maximum absolute atomic E-state index is 11.8. The number of aliphatic hydroxyl groups excluding tert-OH is 1. The number of benzene rings is 1. The van der Waals surface area contributed by atoms with Gasteiger partial charge in [0.2, 0.25) is 0 Å². The van der Waals surface area contributed by atoms with E-state index in [0.717, 1.165) is 11.3 Å². The molecule has 3 nitrogen and oxygen atoms in total. The molecule has 0 atom stereocenters. The maximum Gasteiger partial charge on any atom is 0.265 e. The molecule has 2 aromatic rings. The van der Waals surface area contributed by atoms with Crippen LogP contribution in [0.25, 0.3) is 6.08 Å². The van der Waals surface area contributed by atoms with Gasteiger partial charge in [-0.1, -0.05) is 30.4 Å². The van der Waals surface area contributed by atoms with E-state index in [4.69, 9.17) is 5.11 Å². The zero-order valence-corrected chi connectivity index (χ0v) is 10.5. The third-order valence-electron chi connectivity index (χ3n) is 2.31. The average Bonchev–Trinajstić information content (AvgIpc) is 2.91. The number of hydrogen-bond donors (Lipinski definition) is 2. The molecule has 1 amide bonds. The van der Waals surface area contributed by atoms with Gasteiger partial charge in [0.05, 0.1) is 11.5 Å². The molecule has 0 fully saturated rings. The average molecular weight is 259 g/mol. The van der Waals surface area contributed by atoms with Crippen molar-refractivity contribution in [3.05, 3.63) is 58.3 Å². The summed E-state index contributed by atoms with van der Waals surface area (Å²) >= 11 is 1.41. The molecule has 0 saturated carbocycles. The van der Waals surface area contributed by atoms with Crippen molar-refractivity contribution in [1.82, 2.24) is 0 Å². The van der Waals surface area contributed by atoms with Gasteiger partial charge >= 0.3 is 0 Å². The van der Waals surface area contributed by atoms with E-state index in [1.54, 1.807) is 18.2 Å². The highest BCUT2D eigenvalue weighted by atomic mass is 32.1. The number of carbonyl (C=O) groups is 1. The molecule has 92 valence electrons. The molecule has 0 radical (unpaired) electrons. The summed E-state index contributed by atoms with van der Waals surface area (Å²) in [6.07, 6.45) is 3.46. The summed E-state index contributed by atoms with van der Waals surface area (Å²) < 4.78 is 0. The van der Waals surface area contributed by atoms with Crippen LogP contribution in [0, 0.1) is 0 Å². The lowest BCUT2D eigenvalue weighted by molar-refractivity contribution is 0.103. The lowest BCUT2D eigenvalue weighted by Gasteiger charge is -2.04. The normalized spacial score (nSPS) is 10.7. The number of nitrogens with one attached hydrogen (secondary N) is 1. The molecule has 0 aliphatic carbocycles. The lowest BCUT2D eigenvalue weighted by atomic mass is 10.2. The van der Waals surface area contributed by atoms with Crippen molar-refractivity contribution in [2.24, 2.45) is 0 Å². The Bertz CT molecular complexity index is 547. The Labute approximate surface area is 109 Å². The summed E-state index contributed by atoms with van der Waals surface area (Å²) in [5, 5.41) is 13.4. The minimum atomic E-state index is -0.103. The lowest BCUT2D eigenvalue weighted by Crippen LogP contribution is -2.09. The van der Waals surface area contributed by atoms with Gasteiger partial charge in [-0.3, -0.25) is 4.79 Å². The molecule has 18 heavy (non-hydrogen) atoms. The van der Waals surface area contributed by atoms with Crippen molar-refractivity contribution in [3.63, 3.8) is 0 Å². The SMILES string of the molecule is O=C(Nc1cccc(/C=C/CO)c1)c1cccs1. The fraction of sp³-hybridized carbons (Fsp3) is 0.0714. The van der Waals surface area contributed by atoms with Crippen LogP contribution < -0.4 is 5.32 Å². The van der Waals surface area contributed by atoms with Crippen LogP contribution in [0.3, 0.4) is 0 Å². The zero-order chi connectivity index (χ0) is 12.8. The second-order valence-electron chi connectivity index (χ2n) is 3.64. The first kappa shape index (κ1) is 12.5. The van der Waals surface area contributed by atoms with E-state index < -0.39 is 0 Å². The molecule has 0 aliphatic heterocycles. The summed E-state index contributed by atoms with van der Waals surface area (Å²) in [6, 6.07) is 11.1. The fourth-order valence-corrected chi connectivity index (χ4v) is 2.13.